The molecule has 18 heavy (non-hydrogen) atoms. The van der Waals surface area contributed by atoms with Gasteiger partial charge in [0.1, 0.15) is 0 Å². The van der Waals surface area contributed by atoms with Gasteiger partial charge in [0.05, 0.1) is 16.5 Å². The summed E-state index contributed by atoms with van der Waals surface area (Å²) >= 11 is 5.59. The molecule has 0 saturated carbocycles. The van der Waals surface area contributed by atoms with Crippen molar-refractivity contribution in [2.75, 3.05) is 17.0 Å². The highest BCUT2D eigenvalue weighted by molar-refractivity contribution is 7.92. The van der Waals surface area contributed by atoms with Crippen molar-refractivity contribution in [3.05, 3.63) is 29.0 Å². The van der Waals surface area contributed by atoms with E-state index in [9.17, 15) is 12.8 Å². The van der Waals surface area contributed by atoms with Crippen molar-refractivity contribution >= 4 is 27.3 Å². The third-order valence-corrected chi connectivity index (χ3v) is 4.46. The third kappa shape index (κ3) is 3.34. The minimum absolute atomic E-state index is 0.0566. The molecule has 7 heteroatoms. The molecule has 1 aliphatic heterocycles. The van der Waals surface area contributed by atoms with Gasteiger partial charge in [-0.2, -0.15) is 0 Å². The van der Waals surface area contributed by atoms with Gasteiger partial charge in [-0.25, -0.2) is 12.8 Å². The van der Waals surface area contributed by atoms with Crippen molar-refractivity contribution in [1.29, 1.82) is 0 Å². The minimum atomic E-state index is -3.57. The van der Waals surface area contributed by atoms with Crippen LogP contribution in [0.25, 0.3) is 0 Å². The molecule has 2 rings (SSSR count). The van der Waals surface area contributed by atoms with Crippen LogP contribution in [-0.4, -0.2) is 26.8 Å². The molecule has 1 unspecified atom stereocenters. The van der Waals surface area contributed by atoms with E-state index in [0.29, 0.717) is 0 Å². The summed E-state index contributed by atoms with van der Waals surface area (Å²) in [5, 5.41) is 2.98. The maximum atomic E-state index is 13.6. The van der Waals surface area contributed by atoms with Gasteiger partial charge in [-0.15, -0.1) is 0 Å². The van der Waals surface area contributed by atoms with Gasteiger partial charge in [0.15, 0.2) is 5.82 Å². The molecule has 1 aromatic carbocycles. The Morgan fingerprint density at radius 2 is 2.28 bits per heavy atom. The van der Waals surface area contributed by atoms with Crippen LogP contribution in [0.4, 0.5) is 10.1 Å². The van der Waals surface area contributed by atoms with Crippen LogP contribution in [0, 0.1) is 5.82 Å². The Kier molecular flexibility index (Phi) is 4.09. The zero-order chi connectivity index (χ0) is 13.2. The third-order valence-electron chi connectivity index (χ3n) is 2.80. The molecular formula is C11H14ClFN2O2S. The first-order valence-corrected chi connectivity index (χ1v) is 7.69. The number of sulfonamides is 1. The number of hydrogen-bond acceptors (Lipinski definition) is 3. The Morgan fingerprint density at radius 3 is 2.94 bits per heavy atom. The lowest BCUT2D eigenvalue weighted by atomic mass is 10.3. The molecule has 100 valence electrons. The number of nitrogens with one attached hydrogen (secondary N) is 2. The fourth-order valence-corrected chi connectivity index (χ4v) is 3.52. The quantitative estimate of drug-likeness (QED) is 0.892. The Balaban J connectivity index is 2.09. The van der Waals surface area contributed by atoms with Gasteiger partial charge in [-0.05, 0) is 31.5 Å². The summed E-state index contributed by atoms with van der Waals surface area (Å²) in [6.07, 6.45) is 1.78. The zero-order valence-corrected chi connectivity index (χ0v) is 11.2. The second kappa shape index (κ2) is 5.42. The monoisotopic (exact) mass is 292 g/mol. The zero-order valence-electron chi connectivity index (χ0n) is 9.62. The summed E-state index contributed by atoms with van der Waals surface area (Å²) in [5.74, 6) is -0.805. The molecule has 0 amide bonds. The molecule has 1 aliphatic rings. The lowest BCUT2D eigenvalue weighted by Crippen LogP contribution is -2.33. The average Bonchev–Trinajstić information content (AvgIpc) is 2.76. The molecule has 0 spiro atoms. The predicted molar refractivity (Wildman–Crippen MR) is 69.8 cm³/mol. The average molecular weight is 293 g/mol. The van der Waals surface area contributed by atoms with E-state index in [-0.39, 0.29) is 22.5 Å². The molecule has 4 nitrogen and oxygen atoms in total. The van der Waals surface area contributed by atoms with E-state index in [2.05, 4.69) is 10.0 Å². The molecule has 1 atom stereocenters. The largest absolute Gasteiger partial charge is 0.313 e. The van der Waals surface area contributed by atoms with E-state index in [4.69, 9.17) is 11.6 Å². The van der Waals surface area contributed by atoms with Crippen LogP contribution in [-0.2, 0) is 10.0 Å². The topological polar surface area (TPSA) is 58.2 Å². The highest BCUT2D eigenvalue weighted by Gasteiger charge is 2.23. The SMILES string of the molecule is O=S(=O)(CC1CCCN1)Nc1cccc(Cl)c1F. The van der Waals surface area contributed by atoms with Crippen molar-refractivity contribution in [3.8, 4) is 0 Å². The van der Waals surface area contributed by atoms with Crippen molar-refractivity contribution < 1.29 is 12.8 Å². The number of rotatable bonds is 4. The van der Waals surface area contributed by atoms with Gasteiger partial charge in [-0.3, -0.25) is 4.72 Å². The van der Waals surface area contributed by atoms with Gasteiger partial charge < -0.3 is 5.32 Å². The molecular weight excluding hydrogens is 279 g/mol. The molecule has 0 radical (unpaired) electrons. The van der Waals surface area contributed by atoms with Gasteiger partial charge in [0.2, 0.25) is 10.0 Å². The van der Waals surface area contributed by atoms with Gasteiger partial charge in [0.25, 0.3) is 0 Å². The van der Waals surface area contributed by atoms with E-state index in [1.807, 2.05) is 0 Å². The van der Waals surface area contributed by atoms with Gasteiger partial charge in [-0.1, -0.05) is 17.7 Å². The first-order valence-electron chi connectivity index (χ1n) is 5.66. The lowest BCUT2D eigenvalue weighted by Gasteiger charge is -2.13. The first kappa shape index (κ1) is 13.6. The maximum absolute atomic E-state index is 13.6. The Morgan fingerprint density at radius 1 is 1.50 bits per heavy atom. The van der Waals surface area contributed by atoms with Crippen LogP contribution in [0.15, 0.2) is 18.2 Å². The number of benzene rings is 1. The van der Waals surface area contributed by atoms with Crippen LogP contribution in [0.1, 0.15) is 12.8 Å². The summed E-state index contributed by atoms with van der Waals surface area (Å²) in [6.45, 7) is 0.825. The van der Waals surface area contributed by atoms with E-state index < -0.39 is 15.8 Å². The second-order valence-electron chi connectivity index (χ2n) is 4.28. The molecule has 0 aromatic heterocycles. The fraction of sp³-hybridized carbons (Fsp3) is 0.455. The maximum Gasteiger partial charge on any atom is 0.234 e. The Bertz CT molecular complexity index is 530. The predicted octanol–water partition coefficient (Wildman–Crippen LogP) is 1.97. The van der Waals surface area contributed by atoms with Crippen LogP contribution in [0.2, 0.25) is 5.02 Å². The van der Waals surface area contributed by atoms with Crippen molar-refractivity contribution in [3.63, 3.8) is 0 Å². The second-order valence-corrected chi connectivity index (χ2v) is 6.45. The van der Waals surface area contributed by atoms with Crippen LogP contribution in [0.3, 0.4) is 0 Å². The van der Waals surface area contributed by atoms with Gasteiger partial charge >= 0.3 is 0 Å². The van der Waals surface area contributed by atoms with Crippen LogP contribution in [0.5, 0.6) is 0 Å². The summed E-state index contributed by atoms with van der Waals surface area (Å²) in [4.78, 5) is 0. The minimum Gasteiger partial charge on any atom is -0.313 e. The van der Waals surface area contributed by atoms with Crippen molar-refractivity contribution in [1.82, 2.24) is 5.32 Å². The highest BCUT2D eigenvalue weighted by Crippen LogP contribution is 2.23. The molecule has 1 saturated heterocycles. The molecule has 1 aromatic rings. The molecule has 1 fully saturated rings. The van der Waals surface area contributed by atoms with Gasteiger partial charge in [0, 0.05) is 6.04 Å². The molecule has 2 N–H and O–H groups in total. The normalized spacial score (nSPS) is 20.0. The van der Waals surface area contributed by atoms with Crippen molar-refractivity contribution in [2.24, 2.45) is 0 Å². The number of halogens is 2. The van der Waals surface area contributed by atoms with E-state index in [1.54, 1.807) is 0 Å². The molecule has 0 bridgehead atoms. The highest BCUT2D eigenvalue weighted by atomic mass is 35.5. The van der Waals surface area contributed by atoms with E-state index in [0.717, 1.165) is 19.4 Å². The van der Waals surface area contributed by atoms with E-state index >= 15 is 0 Å². The molecule has 1 heterocycles. The fourth-order valence-electron chi connectivity index (χ4n) is 1.96. The van der Waals surface area contributed by atoms with Crippen molar-refractivity contribution in [2.45, 2.75) is 18.9 Å². The lowest BCUT2D eigenvalue weighted by molar-refractivity contribution is 0.580. The number of anilines is 1. The Hall–Kier alpha value is -0.850. The smallest absolute Gasteiger partial charge is 0.234 e. The first-order chi connectivity index (χ1) is 8.48. The summed E-state index contributed by atoms with van der Waals surface area (Å²) in [6, 6.07) is 4.15. The summed E-state index contributed by atoms with van der Waals surface area (Å²) in [7, 11) is -3.57. The molecule has 0 aliphatic carbocycles. The summed E-state index contributed by atoms with van der Waals surface area (Å²) in [5.41, 5.74) is -0.111. The van der Waals surface area contributed by atoms with Crippen LogP contribution < -0.4 is 10.0 Å². The van der Waals surface area contributed by atoms with Crippen LogP contribution >= 0.6 is 11.6 Å². The summed E-state index contributed by atoms with van der Waals surface area (Å²) < 4.78 is 39.5. The van der Waals surface area contributed by atoms with E-state index in [1.165, 1.54) is 18.2 Å². The standard InChI is InChI=1S/C11H14ClFN2O2S/c12-9-4-1-5-10(11(9)13)15-18(16,17)7-8-3-2-6-14-8/h1,4-5,8,14-15H,2-3,6-7H2. The Labute approximate surface area is 111 Å². The number of hydrogen-bond donors (Lipinski definition) is 2.